The summed E-state index contributed by atoms with van der Waals surface area (Å²) in [6.45, 7) is 0.932. The average Bonchev–Trinajstić information content (AvgIpc) is 2.87. The van der Waals surface area contributed by atoms with Gasteiger partial charge in [0, 0.05) is 24.3 Å². The summed E-state index contributed by atoms with van der Waals surface area (Å²) < 4.78 is 26.8. The fourth-order valence-corrected chi connectivity index (χ4v) is 2.55. The minimum Gasteiger partial charge on any atom is -0.399 e. The summed E-state index contributed by atoms with van der Waals surface area (Å²) in [6, 6.07) is 9.39. The molecule has 0 radical (unpaired) electrons. The summed E-state index contributed by atoms with van der Waals surface area (Å²) in [5, 5.41) is 0. The molecule has 2 N–H and O–H groups in total. The Morgan fingerprint density at radius 1 is 1.14 bits per heavy atom. The van der Waals surface area contributed by atoms with E-state index in [1.54, 1.807) is 11.0 Å². The second-order valence-corrected chi connectivity index (χ2v) is 5.17. The molecule has 1 heterocycles. The van der Waals surface area contributed by atoms with Crippen molar-refractivity contribution in [2.75, 3.05) is 5.73 Å². The van der Waals surface area contributed by atoms with Crippen LogP contribution >= 0.6 is 0 Å². The molecule has 0 unspecified atom stereocenters. The van der Waals surface area contributed by atoms with Gasteiger partial charge in [-0.25, -0.2) is 8.78 Å². The summed E-state index contributed by atoms with van der Waals surface area (Å²) >= 11 is 0. The molecular weight excluding hydrogens is 274 g/mol. The number of anilines is 1. The van der Waals surface area contributed by atoms with Crippen LogP contribution in [-0.2, 0) is 24.3 Å². The smallest absolute Gasteiger partial charge is 0.227 e. The number of nitrogen functional groups attached to an aromatic ring is 1. The highest BCUT2D eigenvalue weighted by atomic mass is 19.2. The van der Waals surface area contributed by atoms with Gasteiger partial charge < -0.3 is 10.6 Å². The van der Waals surface area contributed by atoms with Crippen molar-refractivity contribution in [3.63, 3.8) is 0 Å². The zero-order valence-electron chi connectivity index (χ0n) is 11.3. The van der Waals surface area contributed by atoms with Crippen molar-refractivity contribution in [1.29, 1.82) is 0 Å². The number of amides is 1. The first kappa shape index (κ1) is 13.5. The molecule has 21 heavy (non-hydrogen) atoms. The molecule has 1 amide bonds. The molecule has 108 valence electrons. The van der Waals surface area contributed by atoms with E-state index in [1.807, 2.05) is 12.1 Å². The standard InChI is InChI=1S/C16H14F2N2O/c17-14-3-1-2-10(16(14)18)7-15(21)20-8-11-4-5-13(19)6-12(11)9-20/h1-6H,7-9,19H2. The molecule has 0 aliphatic carbocycles. The summed E-state index contributed by atoms with van der Waals surface area (Å²) in [4.78, 5) is 13.9. The van der Waals surface area contributed by atoms with Gasteiger partial charge in [-0.1, -0.05) is 18.2 Å². The number of hydrogen-bond donors (Lipinski definition) is 1. The van der Waals surface area contributed by atoms with Crippen molar-refractivity contribution < 1.29 is 13.6 Å². The fraction of sp³-hybridized carbons (Fsp3) is 0.188. The highest BCUT2D eigenvalue weighted by Crippen LogP contribution is 2.25. The molecule has 0 bridgehead atoms. The largest absolute Gasteiger partial charge is 0.399 e. The molecule has 0 saturated carbocycles. The van der Waals surface area contributed by atoms with Crippen LogP contribution in [0.3, 0.4) is 0 Å². The van der Waals surface area contributed by atoms with E-state index in [1.165, 1.54) is 12.1 Å². The summed E-state index contributed by atoms with van der Waals surface area (Å²) in [7, 11) is 0. The lowest BCUT2D eigenvalue weighted by molar-refractivity contribution is -0.131. The molecule has 0 aromatic heterocycles. The van der Waals surface area contributed by atoms with Crippen molar-refractivity contribution in [3.05, 3.63) is 64.7 Å². The Bertz CT molecular complexity index is 715. The molecule has 5 heteroatoms. The first-order valence-electron chi connectivity index (χ1n) is 6.62. The van der Waals surface area contributed by atoms with Crippen LogP contribution in [0.5, 0.6) is 0 Å². The van der Waals surface area contributed by atoms with Crippen molar-refractivity contribution >= 4 is 11.6 Å². The number of carbonyl (C=O) groups is 1. The van der Waals surface area contributed by atoms with Gasteiger partial charge in [-0.05, 0) is 29.3 Å². The Morgan fingerprint density at radius 2 is 1.90 bits per heavy atom. The van der Waals surface area contributed by atoms with Gasteiger partial charge in [0.1, 0.15) is 0 Å². The van der Waals surface area contributed by atoms with Crippen LogP contribution in [0.25, 0.3) is 0 Å². The number of nitrogens with zero attached hydrogens (tertiary/aromatic N) is 1. The Kier molecular flexibility index (Phi) is 3.33. The predicted molar refractivity (Wildman–Crippen MR) is 75.2 cm³/mol. The first-order chi connectivity index (χ1) is 10.0. The lowest BCUT2D eigenvalue weighted by Gasteiger charge is -2.15. The molecule has 0 saturated heterocycles. The Hall–Kier alpha value is -2.43. The molecule has 3 rings (SSSR count). The highest BCUT2D eigenvalue weighted by molar-refractivity contribution is 5.79. The van der Waals surface area contributed by atoms with Crippen LogP contribution in [-0.4, -0.2) is 10.8 Å². The van der Waals surface area contributed by atoms with Crippen molar-refractivity contribution in [1.82, 2.24) is 4.90 Å². The molecule has 0 fully saturated rings. The number of rotatable bonds is 2. The third kappa shape index (κ3) is 2.59. The van der Waals surface area contributed by atoms with E-state index < -0.39 is 11.6 Å². The molecule has 0 spiro atoms. The zero-order chi connectivity index (χ0) is 15.0. The maximum absolute atomic E-state index is 13.6. The van der Waals surface area contributed by atoms with E-state index in [0.29, 0.717) is 18.8 Å². The Labute approximate surface area is 121 Å². The molecular formula is C16H14F2N2O. The maximum Gasteiger partial charge on any atom is 0.227 e. The lowest BCUT2D eigenvalue weighted by Crippen LogP contribution is -2.27. The monoisotopic (exact) mass is 288 g/mol. The van der Waals surface area contributed by atoms with Crippen molar-refractivity contribution in [2.45, 2.75) is 19.5 Å². The summed E-state index contributed by atoms with van der Waals surface area (Å²) in [5.41, 5.74) is 8.49. The SMILES string of the molecule is Nc1ccc2c(c1)CN(C(=O)Cc1cccc(F)c1F)C2. The molecule has 1 aliphatic rings. The Balaban J connectivity index is 1.75. The van der Waals surface area contributed by atoms with Gasteiger partial charge in [0.25, 0.3) is 0 Å². The minimum atomic E-state index is -0.952. The van der Waals surface area contributed by atoms with Crippen molar-refractivity contribution in [3.8, 4) is 0 Å². The van der Waals surface area contributed by atoms with Crippen LogP contribution in [0.2, 0.25) is 0 Å². The summed E-state index contributed by atoms with van der Waals surface area (Å²) in [6.07, 6.45) is -0.146. The van der Waals surface area contributed by atoms with Gasteiger partial charge in [-0.2, -0.15) is 0 Å². The zero-order valence-corrected chi connectivity index (χ0v) is 11.3. The third-order valence-electron chi connectivity index (χ3n) is 3.68. The molecule has 3 nitrogen and oxygen atoms in total. The van der Waals surface area contributed by atoms with Crippen LogP contribution in [0.1, 0.15) is 16.7 Å². The van der Waals surface area contributed by atoms with Crippen LogP contribution in [0.4, 0.5) is 14.5 Å². The van der Waals surface area contributed by atoms with Gasteiger partial charge >= 0.3 is 0 Å². The second-order valence-electron chi connectivity index (χ2n) is 5.17. The number of nitrogens with two attached hydrogens (primary N) is 1. The number of hydrogen-bond acceptors (Lipinski definition) is 2. The number of fused-ring (bicyclic) bond motifs is 1. The first-order valence-corrected chi connectivity index (χ1v) is 6.62. The molecule has 2 aromatic carbocycles. The van der Waals surface area contributed by atoms with E-state index in [2.05, 4.69) is 0 Å². The number of benzene rings is 2. The number of halogens is 2. The normalized spacial score (nSPS) is 13.3. The molecule has 1 aliphatic heterocycles. The molecule has 2 aromatic rings. The number of carbonyl (C=O) groups excluding carboxylic acids is 1. The van der Waals surface area contributed by atoms with Crippen LogP contribution < -0.4 is 5.73 Å². The highest BCUT2D eigenvalue weighted by Gasteiger charge is 2.24. The predicted octanol–water partition coefficient (Wildman–Crippen LogP) is 2.63. The average molecular weight is 288 g/mol. The van der Waals surface area contributed by atoms with E-state index in [4.69, 9.17) is 5.73 Å². The fourth-order valence-electron chi connectivity index (χ4n) is 2.55. The quantitative estimate of drug-likeness (QED) is 0.864. The van der Waals surface area contributed by atoms with E-state index in [9.17, 15) is 13.6 Å². The van der Waals surface area contributed by atoms with Crippen molar-refractivity contribution in [2.24, 2.45) is 0 Å². The van der Waals surface area contributed by atoms with Gasteiger partial charge in [0.2, 0.25) is 5.91 Å². The maximum atomic E-state index is 13.6. The van der Waals surface area contributed by atoms with Crippen LogP contribution in [0.15, 0.2) is 36.4 Å². The van der Waals surface area contributed by atoms with Crippen LogP contribution in [0, 0.1) is 11.6 Å². The summed E-state index contributed by atoms with van der Waals surface area (Å²) in [5.74, 6) is -2.11. The molecule has 0 atom stereocenters. The van der Waals surface area contributed by atoms with Gasteiger partial charge in [0.05, 0.1) is 6.42 Å². The van der Waals surface area contributed by atoms with Gasteiger partial charge in [0.15, 0.2) is 11.6 Å². The topological polar surface area (TPSA) is 46.3 Å². The minimum absolute atomic E-state index is 0.0791. The van der Waals surface area contributed by atoms with E-state index in [-0.39, 0.29) is 17.9 Å². The van der Waals surface area contributed by atoms with Gasteiger partial charge in [-0.3, -0.25) is 4.79 Å². The third-order valence-corrected chi connectivity index (χ3v) is 3.68. The van der Waals surface area contributed by atoms with E-state index >= 15 is 0 Å². The Morgan fingerprint density at radius 3 is 2.71 bits per heavy atom. The lowest BCUT2D eigenvalue weighted by atomic mass is 10.1. The second kappa shape index (κ2) is 5.16. The van der Waals surface area contributed by atoms with E-state index in [0.717, 1.165) is 17.2 Å². The van der Waals surface area contributed by atoms with Gasteiger partial charge in [-0.15, -0.1) is 0 Å².